The molecule has 0 aliphatic rings. The maximum Gasteiger partial charge on any atom is 0.271 e. The van der Waals surface area contributed by atoms with Crippen LogP contribution in [-0.4, -0.2) is 21.4 Å². The Morgan fingerprint density at radius 2 is 2.12 bits per heavy atom. The van der Waals surface area contributed by atoms with Crippen LogP contribution in [0.1, 0.15) is 23.6 Å². The fourth-order valence-electron chi connectivity index (χ4n) is 1.74. The van der Waals surface area contributed by atoms with E-state index in [9.17, 15) is 9.90 Å². The van der Waals surface area contributed by atoms with Gasteiger partial charge in [0.2, 0.25) is 0 Å². The molecule has 0 spiro atoms. The van der Waals surface area contributed by atoms with Crippen molar-refractivity contribution in [2.24, 2.45) is 0 Å². The van der Waals surface area contributed by atoms with E-state index in [1.807, 2.05) is 13.0 Å². The monoisotopic (exact) mass is 222 g/mol. The van der Waals surface area contributed by atoms with Gasteiger partial charge in [0.1, 0.15) is 11.6 Å². The van der Waals surface area contributed by atoms with Gasteiger partial charge >= 0.3 is 0 Å². The van der Waals surface area contributed by atoms with E-state index in [-0.39, 0.29) is 24.6 Å². The summed E-state index contributed by atoms with van der Waals surface area (Å²) in [6.07, 6.45) is 0.526. The lowest BCUT2D eigenvalue weighted by atomic mass is 10.0. The molecule has 5 heteroatoms. The number of hydrogen-bond acceptors (Lipinski definition) is 4. The van der Waals surface area contributed by atoms with Gasteiger partial charge < -0.3 is 10.2 Å². The van der Waals surface area contributed by atoms with Gasteiger partial charge in [-0.25, -0.2) is 0 Å². The molecule has 1 rings (SSSR count). The molecule has 0 aromatic carbocycles. The molecule has 0 radical (unpaired) electrons. The van der Waals surface area contributed by atoms with Gasteiger partial charge in [-0.1, -0.05) is 6.92 Å². The maximum absolute atomic E-state index is 11.8. The van der Waals surface area contributed by atoms with E-state index in [2.05, 4.69) is 0 Å². The van der Waals surface area contributed by atoms with Crippen LogP contribution in [0.4, 0.5) is 0 Å². The Labute approximate surface area is 93.2 Å². The van der Waals surface area contributed by atoms with Crippen LogP contribution in [0.5, 0.6) is 5.88 Å². The first kappa shape index (κ1) is 12.3. The molecule has 0 fully saturated rings. The fourth-order valence-corrected chi connectivity index (χ4v) is 1.74. The summed E-state index contributed by atoms with van der Waals surface area (Å²) in [4.78, 5) is 11.8. The first-order chi connectivity index (χ1) is 7.58. The lowest BCUT2D eigenvalue weighted by molar-refractivity contribution is 0.263. The first-order valence-corrected chi connectivity index (χ1v) is 5.04. The molecule has 2 N–H and O–H groups in total. The molecule has 0 unspecified atom stereocenters. The summed E-state index contributed by atoms with van der Waals surface area (Å²) in [7, 11) is 0. The Morgan fingerprint density at radius 3 is 2.56 bits per heavy atom. The van der Waals surface area contributed by atoms with Crippen molar-refractivity contribution in [3.05, 3.63) is 27.0 Å². The van der Waals surface area contributed by atoms with E-state index >= 15 is 0 Å². The van der Waals surface area contributed by atoms with Crippen LogP contribution in [0.25, 0.3) is 0 Å². The average Bonchev–Trinajstić information content (AvgIpc) is 2.26. The molecule has 1 heterocycles. The van der Waals surface area contributed by atoms with Gasteiger partial charge in [0.05, 0.1) is 13.2 Å². The number of pyridine rings is 1. The van der Waals surface area contributed by atoms with Crippen molar-refractivity contribution in [1.29, 1.82) is 5.26 Å². The molecule has 16 heavy (non-hydrogen) atoms. The summed E-state index contributed by atoms with van der Waals surface area (Å²) < 4.78 is 1.03. The zero-order chi connectivity index (χ0) is 12.3. The summed E-state index contributed by atoms with van der Waals surface area (Å²) in [5.41, 5.74) is 0.568. The number of nitrogens with zero attached hydrogens (tertiary/aromatic N) is 2. The number of aliphatic hydroxyl groups excluding tert-OH is 1. The second-order valence-electron chi connectivity index (χ2n) is 3.45. The average molecular weight is 222 g/mol. The molecule has 0 saturated carbocycles. The molecule has 86 valence electrons. The van der Waals surface area contributed by atoms with Crippen LogP contribution < -0.4 is 5.56 Å². The molecule has 1 aromatic heterocycles. The third-order valence-corrected chi connectivity index (χ3v) is 2.60. The topological polar surface area (TPSA) is 86.2 Å². The van der Waals surface area contributed by atoms with E-state index in [1.54, 1.807) is 6.92 Å². The highest BCUT2D eigenvalue weighted by molar-refractivity contribution is 5.45. The SMILES string of the molecule is CCc1c(C)c(C#N)c(=O)n(CCO)c1O. The number of rotatable bonds is 3. The Hall–Kier alpha value is -1.80. The maximum atomic E-state index is 11.8. The highest BCUT2D eigenvalue weighted by Gasteiger charge is 2.16. The highest BCUT2D eigenvalue weighted by Crippen LogP contribution is 2.21. The van der Waals surface area contributed by atoms with Crippen molar-refractivity contribution in [3.63, 3.8) is 0 Å². The zero-order valence-corrected chi connectivity index (χ0v) is 9.32. The van der Waals surface area contributed by atoms with Gasteiger partial charge in [-0.2, -0.15) is 5.26 Å². The van der Waals surface area contributed by atoms with Gasteiger partial charge in [0, 0.05) is 5.56 Å². The van der Waals surface area contributed by atoms with Gasteiger partial charge in [-0.15, -0.1) is 0 Å². The predicted molar refractivity (Wildman–Crippen MR) is 58.3 cm³/mol. The first-order valence-electron chi connectivity index (χ1n) is 5.04. The summed E-state index contributed by atoms with van der Waals surface area (Å²) in [5.74, 6) is -0.155. The van der Waals surface area contributed by atoms with Crippen molar-refractivity contribution < 1.29 is 10.2 Å². The molecule has 0 aliphatic carbocycles. The van der Waals surface area contributed by atoms with Gasteiger partial charge in [0.25, 0.3) is 5.56 Å². The lowest BCUT2D eigenvalue weighted by Crippen LogP contribution is -2.26. The van der Waals surface area contributed by atoms with Gasteiger partial charge in [0.15, 0.2) is 5.88 Å². The molecule has 0 amide bonds. The van der Waals surface area contributed by atoms with Crippen molar-refractivity contribution in [1.82, 2.24) is 4.57 Å². The van der Waals surface area contributed by atoms with Crippen molar-refractivity contribution in [2.45, 2.75) is 26.8 Å². The number of hydrogen-bond donors (Lipinski definition) is 2. The van der Waals surface area contributed by atoms with Gasteiger partial charge in [-0.05, 0) is 18.9 Å². The Morgan fingerprint density at radius 1 is 1.50 bits per heavy atom. The zero-order valence-electron chi connectivity index (χ0n) is 9.32. The smallest absolute Gasteiger partial charge is 0.271 e. The van der Waals surface area contributed by atoms with Gasteiger partial charge in [-0.3, -0.25) is 9.36 Å². The number of aliphatic hydroxyl groups is 1. The van der Waals surface area contributed by atoms with Crippen LogP contribution in [0, 0.1) is 18.3 Å². The molecular weight excluding hydrogens is 208 g/mol. The predicted octanol–water partition coefficient (Wildman–Crippen LogP) is 0.289. The Balaban J connectivity index is 3.65. The molecule has 5 nitrogen and oxygen atoms in total. The second kappa shape index (κ2) is 4.81. The summed E-state index contributed by atoms with van der Waals surface area (Å²) in [6.45, 7) is 3.20. The van der Waals surface area contributed by atoms with Crippen LogP contribution in [-0.2, 0) is 13.0 Å². The summed E-state index contributed by atoms with van der Waals surface area (Å²) in [6, 6.07) is 1.84. The van der Waals surface area contributed by atoms with E-state index in [0.717, 1.165) is 4.57 Å². The van der Waals surface area contributed by atoms with Crippen LogP contribution in [0.2, 0.25) is 0 Å². The normalized spacial score (nSPS) is 10.1. The molecule has 1 aromatic rings. The van der Waals surface area contributed by atoms with Crippen molar-refractivity contribution >= 4 is 0 Å². The van der Waals surface area contributed by atoms with E-state index in [1.165, 1.54) is 0 Å². The van der Waals surface area contributed by atoms with E-state index in [4.69, 9.17) is 10.4 Å². The number of nitriles is 1. The van der Waals surface area contributed by atoms with Crippen LogP contribution in [0.3, 0.4) is 0 Å². The molecular formula is C11H14N2O3. The second-order valence-corrected chi connectivity index (χ2v) is 3.45. The Kier molecular flexibility index (Phi) is 3.69. The van der Waals surface area contributed by atoms with Crippen LogP contribution in [0.15, 0.2) is 4.79 Å². The van der Waals surface area contributed by atoms with E-state index < -0.39 is 5.56 Å². The van der Waals surface area contributed by atoms with E-state index in [0.29, 0.717) is 17.5 Å². The largest absolute Gasteiger partial charge is 0.494 e. The molecule has 0 atom stereocenters. The minimum Gasteiger partial charge on any atom is -0.494 e. The standard InChI is InChI=1S/C11H14N2O3/c1-3-8-7(2)9(6-12)11(16)13(4-5-14)10(8)15/h14-15H,3-5H2,1-2H3. The quantitative estimate of drug-likeness (QED) is 0.769. The Bertz CT molecular complexity index is 497. The molecule has 0 saturated heterocycles. The van der Waals surface area contributed by atoms with Crippen molar-refractivity contribution in [3.8, 4) is 11.9 Å². The summed E-state index contributed by atoms with van der Waals surface area (Å²) >= 11 is 0. The number of aromatic hydroxyl groups is 1. The minimum atomic E-state index is -0.552. The third kappa shape index (κ3) is 1.79. The van der Waals surface area contributed by atoms with Crippen molar-refractivity contribution in [2.75, 3.05) is 6.61 Å². The summed E-state index contributed by atoms with van der Waals surface area (Å²) in [5, 5.41) is 27.6. The minimum absolute atomic E-state index is 0.00731. The highest BCUT2D eigenvalue weighted by atomic mass is 16.3. The third-order valence-electron chi connectivity index (χ3n) is 2.60. The lowest BCUT2D eigenvalue weighted by Gasteiger charge is -2.13. The van der Waals surface area contributed by atoms with Crippen LogP contribution >= 0.6 is 0 Å². The molecule has 0 aliphatic heterocycles. The fraction of sp³-hybridized carbons (Fsp3) is 0.455. The number of aromatic nitrogens is 1. The molecule has 0 bridgehead atoms.